The van der Waals surface area contributed by atoms with Gasteiger partial charge >= 0.3 is 0 Å². The van der Waals surface area contributed by atoms with Crippen LogP contribution in [0, 0.1) is 0 Å². The number of benzene rings is 1. The molecule has 1 nitrogen and oxygen atoms in total. The minimum atomic E-state index is 0.111. The summed E-state index contributed by atoms with van der Waals surface area (Å²) in [6.07, 6.45) is 1.93. The van der Waals surface area contributed by atoms with E-state index in [0.29, 0.717) is 0 Å². The molecule has 0 saturated heterocycles. The molecule has 0 radical (unpaired) electrons. The van der Waals surface area contributed by atoms with Gasteiger partial charge in [0.2, 0.25) is 0 Å². The van der Waals surface area contributed by atoms with E-state index in [4.69, 9.17) is 11.6 Å². The first kappa shape index (κ1) is 10.4. The maximum absolute atomic E-state index is 6.14. The van der Waals surface area contributed by atoms with Gasteiger partial charge in [0.1, 0.15) is 0 Å². The zero-order valence-corrected chi connectivity index (χ0v) is 9.97. The molecule has 0 spiro atoms. The van der Waals surface area contributed by atoms with Crippen LogP contribution in [0.3, 0.4) is 0 Å². The predicted molar refractivity (Wildman–Crippen MR) is 65.5 cm³/mol. The molecule has 0 atom stereocenters. The predicted octanol–water partition coefficient (Wildman–Crippen LogP) is 4.19. The summed E-state index contributed by atoms with van der Waals surface area (Å²) in [5, 5.41) is 1.80. The van der Waals surface area contributed by atoms with Crippen molar-refractivity contribution in [2.45, 2.75) is 26.2 Å². The van der Waals surface area contributed by atoms with Gasteiger partial charge in [0.05, 0.1) is 5.52 Å². The summed E-state index contributed by atoms with van der Waals surface area (Å²) in [6.45, 7) is 6.52. The van der Waals surface area contributed by atoms with Crippen LogP contribution in [0.15, 0.2) is 30.5 Å². The van der Waals surface area contributed by atoms with Crippen molar-refractivity contribution in [2.24, 2.45) is 0 Å². The second-order valence-electron chi connectivity index (χ2n) is 4.78. The van der Waals surface area contributed by atoms with Gasteiger partial charge in [-0.25, -0.2) is 0 Å². The maximum Gasteiger partial charge on any atom is 0.0717 e. The number of hydrogen-bond acceptors (Lipinski definition) is 1. The van der Waals surface area contributed by atoms with Gasteiger partial charge in [0, 0.05) is 16.6 Å². The monoisotopic (exact) mass is 219 g/mol. The Hall–Kier alpha value is -1.08. The van der Waals surface area contributed by atoms with Gasteiger partial charge in [0.25, 0.3) is 0 Å². The molecule has 1 aromatic heterocycles. The molecule has 0 aliphatic carbocycles. The zero-order valence-electron chi connectivity index (χ0n) is 9.21. The van der Waals surface area contributed by atoms with Gasteiger partial charge in [-0.3, -0.25) is 4.98 Å². The number of rotatable bonds is 0. The summed E-state index contributed by atoms with van der Waals surface area (Å²) in [7, 11) is 0. The summed E-state index contributed by atoms with van der Waals surface area (Å²) in [5.74, 6) is 0. The van der Waals surface area contributed by atoms with Gasteiger partial charge in [-0.2, -0.15) is 0 Å². The maximum atomic E-state index is 6.14. The molecule has 0 aliphatic rings. The number of aromatic nitrogens is 1. The topological polar surface area (TPSA) is 12.9 Å². The van der Waals surface area contributed by atoms with Crippen LogP contribution in [0.2, 0.25) is 5.02 Å². The highest BCUT2D eigenvalue weighted by molar-refractivity contribution is 6.35. The lowest BCUT2D eigenvalue weighted by Crippen LogP contribution is -2.11. The fourth-order valence-electron chi connectivity index (χ4n) is 1.52. The summed E-state index contributed by atoms with van der Waals surface area (Å²) < 4.78 is 0. The first-order valence-electron chi connectivity index (χ1n) is 5.03. The molecule has 1 aromatic carbocycles. The lowest BCUT2D eigenvalue weighted by molar-refractivity contribution is 0.589. The van der Waals surface area contributed by atoms with E-state index in [0.717, 1.165) is 15.9 Å². The first-order chi connectivity index (χ1) is 6.98. The van der Waals surface area contributed by atoms with Crippen molar-refractivity contribution in [3.8, 4) is 0 Å². The molecule has 1 heterocycles. The second kappa shape index (κ2) is 3.49. The van der Waals surface area contributed by atoms with Crippen LogP contribution < -0.4 is 0 Å². The molecule has 0 N–H and O–H groups in total. The van der Waals surface area contributed by atoms with Gasteiger partial charge in [-0.05, 0) is 29.2 Å². The number of fused-ring (bicyclic) bond motifs is 1. The Bertz CT molecular complexity index is 497. The van der Waals surface area contributed by atoms with Crippen molar-refractivity contribution >= 4 is 22.5 Å². The van der Waals surface area contributed by atoms with Crippen LogP contribution in [0.5, 0.6) is 0 Å². The van der Waals surface area contributed by atoms with Crippen LogP contribution in [0.4, 0.5) is 0 Å². The molecule has 0 unspecified atom stereocenters. The molecule has 0 saturated carbocycles. The Morgan fingerprint density at radius 2 is 1.93 bits per heavy atom. The third kappa shape index (κ3) is 1.98. The van der Waals surface area contributed by atoms with E-state index < -0.39 is 0 Å². The molecular weight excluding hydrogens is 206 g/mol. The highest BCUT2D eigenvalue weighted by Gasteiger charge is 2.14. The molecule has 2 aromatic rings. The van der Waals surface area contributed by atoms with Crippen LogP contribution in [-0.2, 0) is 5.41 Å². The van der Waals surface area contributed by atoms with Crippen molar-refractivity contribution in [3.05, 3.63) is 41.0 Å². The lowest BCUT2D eigenvalue weighted by Gasteiger charge is -2.18. The summed E-state index contributed by atoms with van der Waals surface area (Å²) >= 11 is 6.14. The van der Waals surface area contributed by atoms with Crippen molar-refractivity contribution in [2.75, 3.05) is 0 Å². The van der Waals surface area contributed by atoms with E-state index in [-0.39, 0.29) is 5.41 Å². The molecule has 0 amide bonds. The lowest BCUT2D eigenvalue weighted by atomic mass is 9.88. The Labute approximate surface area is 95.1 Å². The number of halogens is 1. The molecule has 2 heteroatoms. The third-order valence-electron chi connectivity index (χ3n) is 2.54. The first-order valence-corrected chi connectivity index (χ1v) is 5.41. The quantitative estimate of drug-likeness (QED) is 0.648. The Morgan fingerprint density at radius 3 is 2.60 bits per heavy atom. The Balaban J connectivity index is 2.70. The van der Waals surface area contributed by atoms with Crippen LogP contribution in [0.25, 0.3) is 10.9 Å². The number of pyridine rings is 1. The fourth-order valence-corrected chi connectivity index (χ4v) is 1.75. The standard InChI is InChI=1S/C13H14ClN/c1-13(2,3)9-7-10-11(14)5-4-6-12(10)15-8-9/h4-8H,1-3H3. The minimum absolute atomic E-state index is 0.111. The summed E-state index contributed by atoms with van der Waals surface area (Å²) in [4.78, 5) is 4.42. The van der Waals surface area contributed by atoms with Gasteiger partial charge < -0.3 is 0 Å². The second-order valence-corrected chi connectivity index (χ2v) is 5.19. The highest BCUT2D eigenvalue weighted by atomic mass is 35.5. The Morgan fingerprint density at radius 1 is 1.20 bits per heavy atom. The average molecular weight is 220 g/mol. The van der Waals surface area contributed by atoms with E-state index in [9.17, 15) is 0 Å². The summed E-state index contributed by atoms with van der Waals surface area (Å²) in [5.41, 5.74) is 2.28. The SMILES string of the molecule is CC(C)(C)c1cnc2cccc(Cl)c2c1. The van der Waals surface area contributed by atoms with Crippen molar-refractivity contribution in [1.82, 2.24) is 4.98 Å². The highest BCUT2D eigenvalue weighted by Crippen LogP contribution is 2.28. The van der Waals surface area contributed by atoms with Crippen LogP contribution in [0.1, 0.15) is 26.3 Å². The smallest absolute Gasteiger partial charge is 0.0717 e. The van der Waals surface area contributed by atoms with Gasteiger partial charge in [-0.1, -0.05) is 38.4 Å². The summed E-state index contributed by atoms with van der Waals surface area (Å²) in [6, 6.07) is 7.94. The molecule has 78 valence electrons. The van der Waals surface area contributed by atoms with Crippen LogP contribution >= 0.6 is 11.6 Å². The van der Waals surface area contributed by atoms with Crippen molar-refractivity contribution in [1.29, 1.82) is 0 Å². The van der Waals surface area contributed by atoms with Crippen molar-refractivity contribution < 1.29 is 0 Å². The normalized spacial score (nSPS) is 12.0. The zero-order chi connectivity index (χ0) is 11.1. The number of nitrogens with zero attached hydrogens (tertiary/aromatic N) is 1. The molecule has 0 bridgehead atoms. The van der Waals surface area contributed by atoms with E-state index in [2.05, 4.69) is 31.8 Å². The fraction of sp³-hybridized carbons (Fsp3) is 0.308. The van der Waals surface area contributed by atoms with E-state index >= 15 is 0 Å². The minimum Gasteiger partial charge on any atom is -0.256 e. The van der Waals surface area contributed by atoms with Crippen LogP contribution in [-0.4, -0.2) is 4.98 Å². The number of hydrogen-bond donors (Lipinski definition) is 0. The molecular formula is C13H14ClN. The molecule has 15 heavy (non-hydrogen) atoms. The molecule has 0 fully saturated rings. The van der Waals surface area contributed by atoms with Gasteiger partial charge in [0.15, 0.2) is 0 Å². The average Bonchev–Trinajstić information content (AvgIpc) is 2.16. The largest absolute Gasteiger partial charge is 0.256 e. The van der Waals surface area contributed by atoms with Crippen molar-refractivity contribution in [3.63, 3.8) is 0 Å². The van der Waals surface area contributed by atoms with E-state index in [1.165, 1.54) is 5.56 Å². The molecule has 2 rings (SSSR count). The third-order valence-corrected chi connectivity index (χ3v) is 2.87. The molecule has 0 aliphatic heterocycles. The van der Waals surface area contributed by atoms with E-state index in [1.54, 1.807) is 0 Å². The van der Waals surface area contributed by atoms with Gasteiger partial charge in [-0.15, -0.1) is 0 Å². The Kier molecular flexibility index (Phi) is 2.43. The van der Waals surface area contributed by atoms with E-state index in [1.807, 2.05) is 24.4 Å².